The highest BCUT2D eigenvalue weighted by molar-refractivity contribution is 5.97. The van der Waals surface area contributed by atoms with Gasteiger partial charge in [0.2, 0.25) is 0 Å². The fraction of sp³-hybridized carbons (Fsp3) is 0.238. The Hall–Kier alpha value is -2.88. The van der Waals surface area contributed by atoms with Gasteiger partial charge in [0.05, 0.1) is 0 Å². The van der Waals surface area contributed by atoms with Crippen LogP contribution in [-0.4, -0.2) is 18.0 Å². The van der Waals surface area contributed by atoms with Crippen LogP contribution in [0.2, 0.25) is 0 Å². The van der Waals surface area contributed by atoms with Gasteiger partial charge < -0.3 is 10.1 Å². The third-order valence-corrected chi connectivity index (χ3v) is 3.98. The first-order valence-corrected chi connectivity index (χ1v) is 8.20. The minimum absolute atomic E-state index is 0.352. The van der Waals surface area contributed by atoms with Crippen molar-refractivity contribution in [1.82, 2.24) is 0 Å². The largest absolute Gasteiger partial charge is 0.449 e. The summed E-state index contributed by atoms with van der Waals surface area (Å²) < 4.78 is 5.19. The van der Waals surface area contributed by atoms with Gasteiger partial charge in [0.15, 0.2) is 6.10 Å². The molecule has 0 fully saturated rings. The lowest BCUT2D eigenvalue weighted by molar-refractivity contribution is -0.148. The molecule has 0 radical (unpaired) electrons. The molecule has 0 bridgehead atoms. The zero-order chi connectivity index (χ0) is 18.4. The standard InChI is InChI=1S/C21H23NO3/c1-14-8-5-6-11-18(14)12-13-19(23)25-17(4)21(24)22-20-15(2)9-7-10-16(20)3/h5-13,17H,1-4H3,(H,22,24)/b13-12+/t17-/m1/s1. The molecule has 0 saturated carbocycles. The average Bonchev–Trinajstić information content (AvgIpc) is 2.57. The van der Waals surface area contributed by atoms with Crippen molar-refractivity contribution in [3.05, 3.63) is 70.8 Å². The first-order valence-electron chi connectivity index (χ1n) is 8.20. The van der Waals surface area contributed by atoms with Gasteiger partial charge in [-0.25, -0.2) is 4.79 Å². The van der Waals surface area contributed by atoms with E-state index in [9.17, 15) is 9.59 Å². The number of nitrogens with one attached hydrogen (secondary N) is 1. The number of anilines is 1. The van der Waals surface area contributed by atoms with Crippen LogP contribution in [0.1, 0.15) is 29.2 Å². The van der Waals surface area contributed by atoms with E-state index in [1.807, 2.05) is 63.2 Å². The molecule has 2 aromatic carbocycles. The van der Waals surface area contributed by atoms with Crippen molar-refractivity contribution < 1.29 is 14.3 Å². The number of carbonyl (C=O) groups is 2. The summed E-state index contributed by atoms with van der Waals surface area (Å²) in [6, 6.07) is 13.5. The summed E-state index contributed by atoms with van der Waals surface area (Å²) in [6.07, 6.45) is 2.15. The Morgan fingerprint density at radius 3 is 2.20 bits per heavy atom. The van der Waals surface area contributed by atoms with Gasteiger partial charge in [0.25, 0.3) is 5.91 Å². The maximum absolute atomic E-state index is 12.3. The molecule has 0 heterocycles. The molecule has 0 aliphatic heterocycles. The second-order valence-electron chi connectivity index (χ2n) is 6.03. The Kier molecular flexibility index (Phi) is 6.12. The van der Waals surface area contributed by atoms with E-state index < -0.39 is 12.1 Å². The molecule has 0 aliphatic carbocycles. The summed E-state index contributed by atoms with van der Waals surface area (Å²) in [7, 11) is 0. The van der Waals surface area contributed by atoms with Crippen molar-refractivity contribution in [2.75, 3.05) is 5.32 Å². The number of ether oxygens (including phenoxy) is 1. The predicted octanol–water partition coefficient (Wildman–Crippen LogP) is 4.20. The molecular weight excluding hydrogens is 314 g/mol. The first kappa shape index (κ1) is 18.5. The summed E-state index contributed by atoms with van der Waals surface area (Å²) in [5, 5.41) is 2.83. The van der Waals surface area contributed by atoms with Gasteiger partial charge in [0, 0.05) is 11.8 Å². The topological polar surface area (TPSA) is 55.4 Å². The molecule has 130 valence electrons. The van der Waals surface area contributed by atoms with E-state index in [-0.39, 0.29) is 5.91 Å². The molecule has 0 saturated heterocycles. The van der Waals surface area contributed by atoms with Gasteiger partial charge in [-0.1, -0.05) is 42.5 Å². The van der Waals surface area contributed by atoms with Crippen molar-refractivity contribution in [3.8, 4) is 0 Å². The van der Waals surface area contributed by atoms with E-state index in [2.05, 4.69) is 5.32 Å². The van der Waals surface area contributed by atoms with Crippen molar-refractivity contribution in [2.24, 2.45) is 0 Å². The van der Waals surface area contributed by atoms with Crippen LogP contribution < -0.4 is 5.32 Å². The molecule has 4 nitrogen and oxygen atoms in total. The number of aryl methyl sites for hydroxylation is 3. The number of esters is 1. The number of carbonyl (C=O) groups excluding carboxylic acids is 2. The number of amides is 1. The van der Waals surface area contributed by atoms with E-state index in [1.54, 1.807) is 13.0 Å². The van der Waals surface area contributed by atoms with Gasteiger partial charge >= 0.3 is 5.97 Å². The summed E-state index contributed by atoms with van der Waals surface area (Å²) in [4.78, 5) is 24.2. The lowest BCUT2D eigenvalue weighted by atomic mass is 10.1. The summed E-state index contributed by atoms with van der Waals surface area (Å²) in [5.74, 6) is -0.901. The number of rotatable bonds is 5. The lowest BCUT2D eigenvalue weighted by Gasteiger charge is -2.15. The third kappa shape index (κ3) is 5.05. The molecule has 1 atom stereocenters. The van der Waals surface area contributed by atoms with E-state index >= 15 is 0 Å². The van der Waals surface area contributed by atoms with Gasteiger partial charge in [-0.15, -0.1) is 0 Å². The Morgan fingerprint density at radius 1 is 0.960 bits per heavy atom. The quantitative estimate of drug-likeness (QED) is 0.657. The molecule has 25 heavy (non-hydrogen) atoms. The minimum Gasteiger partial charge on any atom is -0.449 e. The van der Waals surface area contributed by atoms with E-state index in [1.165, 1.54) is 6.08 Å². The third-order valence-electron chi connectivity index (χ3n) is 3.98. The number of hydrogen-bond donors (Lipinski definition) is 1. The molecule has 0 aromatic heterocycles. The predicted molar refractivity (Wildman–Crippen MR) is 100 cm³/mol. The minimum atomic E-state index is -0.881. The van der Waals surface area contributed by atoms with Crippen molar-refractivity contribution in [3.63, 3.8) is 0 Å². The van der Waals surface area contributed by atoms with Crippen molar-refractivity contribution >= 4 is 23.6 Å². The van der Waals surface area contributed by atoms with Crippen LogP contribution >= 0.6 is 0 Å². The highest BCUT2D eigenvalue weighted by Gasteiger charge is 2.18. The molecule has 2 rings (SSSR count). The maximum Gasteiger partial charge on any atom is 0.331 e. The fourth-order valence-corrected chi connectivity index (χ4v) is 2.44. The highest BCUT2D eigenvalue weighted by atomic mass is 16.5. The Balaban J connectivity index is 1.97. The van der Waals surface area contributed by atoms with E-state index in [4.69, 9.17) is 4.74 Å². The normalized spacial score (nSPS) is 12.0. The first-order chi connectivity index (χ1) is 11.9. The van der Waals surface area contributed by atoms with Crippen molar-refractivity contribution in [2.45, 2.75) is 33.8 Å². The second kappa shape index (κ2) is 8.29. The zero-order valence-electron chi connectivity index (χ0n) is 15.0. The highest BCUT2D eigenvalue weighted by Crippen LogP contribution is 2.19. The molecule has 4 heteroatoms. The smallest absolute Gasteiger partial charge is 0.331 e. The number of benzene rings is 2. The van der Waals surface area contributed by atoms with Crippen LogP contribution in [0.5, 0.6) is 0 Å². The van der Waals surface area contributed by atoms with E-state index in [0.29, 0.717) is 0 Å². The number of hydrogen-bond acceptors (Lipinski definition) is 3. The molecule has 0 spiro atoms. The summed E-state index contributed by atoms with van der Waals surface area (Å²) >= 11 is 0. The number of para-hydroxylation sites is 1. The van der Waals surface area contributed by atoms with Crippen LogP contribution in [0.25, 0.3) is 6.08 Å². The monoisotopic (exact) mass is 337 g/mol. The van der Waals surface area contributed by atoms with Crippen LogP contribution in [0.15, 0.2) is 48.5 Å². The molecule has 1 amide bonds. The van der Waals surface area contributed by atoms with Crippen LogP contribution in [0, 0.1) is 20.8 Å². The fourth-order valence-electron chi connectivity index (χ4n) is 2.44. The SMILES string of the molecule is Cc1ccccc1/C=C/C(=O)O[C@H](C)C(=O)Nc1c(C)cccc1C. The average molecular weight is 337 g/mol. The Morgan fingerprint density at radius 2 is 1.56 bits per heavy atom. The van der Waals surface area contributed by atoms with E-state index in [0.717, 1.165) is 27.9 Å². The molecule has 1 N–H and O–H groups in total. The Labute approximate surface area is 148 Å². The molecular formula is C21H23NO3. The van der Waals surface area contributed by atoms with Gasteiger partial charge in [-0.05, 0) is 56.0 Å². The van der Waals surface area contributed by atoms with Gasteiger partial charge in [0.1, 0.15) is 0 Å². The van der Waals surface area contributed by atoms with Crippen LogP contribution in [0.3, 0.4) is 0 Å². The molecule has 2 aromatic rings. The maximum atomic E-state index is 12.3. The van der Waals surface area contributed by atoms with Gasteiger partial charge in [-0.3, -0.25) is 4.79 Å². The van der Waals surface area contributed by atoms with Crippen molar-refractivity contribution in [1.29, 1.82) is 0 Å². The van der Waals surface area contributed by atoms with Crippen LogP contribution in [-0.2, 0) is 14.3 Å². The lowest BCUT2D eigenvalue weighted by Crippen LogP contribution is -2.30. The summed E-state index contributed by atoms with van der Waals surface area (Å²) in [5.41, 5.74) is 4.68. The molecule has 0 unspecified atom stereocenters. The van der Waals surface area contributed by atoms with Gasteiger partial charge in [-0.2, -0.15) is 0 Å². The zero-order valence-corrected chi connectivity index (χ0v) is 15.0. The van der Waals surface area contributed by atoms with Crippen LogP contribution in [0.4, 0.5) is 5.69 Å². The Bertz CT molecular complexity index is 788. The molecule has 0 aliphatic rings. The second-order valence-corrected chi connectivity index (χ2v) is 6.03. The summed E-state index contributed by atoms with van der Waals surface area (Å²) in [6.45, 7) is 7.36.